The van der Waals surface area contributed by atoms with Gasteiger partial charge in [-0.15, -0.1) is 0 Å². The summed E-state index contributed by atoms with van der Waals surface area (Å²) in [6.45, 7) is 7.62. The van der Waals surface area contributed by atoms with Crippen molar-refractivity contribution in [2.45, 2.75) is 32.9 Å². The number of likely N-dealkylation sites (N-methyl/N-ethyl adjacent to an activating group) is 1. The zero-order valence-electron chi connectivity index (χ0n) is 12.1. The zero-order valence-corrected chi connectivity index (χ0v) is 12.1. The van der Waals surface area contributed by atoms with Crippen LogP contribution in [-0.2, 0) is 9.57 Å². The molecule has 1 atom stereocenters. The second kappa shape index (κ2) is 9.94. The minimum Gasteiger partial charge on any atom is -0.417 e. The molecule has 3 N–H and O–H groups in total. The Balaban J connectivity index is 4.05. The molecule has 0 aliphatic carbocycles. The van der Waals surface area contributed by atoms with Crippen LogP contribution in [0.2, 0.25) is 0 Å². The number of rotatable bonds is 9. The molecule has 0 spiro atoms. The van der Waals surface area contributed by atoms with E-state index in [0.29, 0.717) is 6.61 Å². The minimum absolute atomic E-state index is 0.146. The molecule has 18 heavy (non-hydrogen) atoms. The highest BCUT2D eigenvalue weighted by Crippen LogP contribution is 2.02. The predicted molar refractivity (Wildman–Crippen MR) is 74.7 cm³/mol. The molecular weight excluding hydrogens is 230 g/mol. The van der Waals surface area contributed by atoms with Crippen LogP contribution < -0.4 is 11.2 Å². The fourth-order valence-electron chi connectivity index (χ4n) is 1.27. The first-order chi connectivity index (χ1) is 8.47. The van der Waals surface area contributed by atoms with Crippen molar-refractivity contribution in [3.63, 3.8) is 0 Å². The molecule has 5 heteroatoms. The highest BCUT2D eigenvalue weighted by atomic mass is 16.6. The van der Waals surface area contributed by atoms with Crippen molar-refractivity contribution in [1.82, 2.24) is 10.4 Å². The smallest absolute Gasteiger partial charge is 0.109 e. The van der Waals surface area contributed by atoms with Crippen molar-refractivity contribution in [3.8, 4) is 0 Å². The first-order valence-corrected chi connectivity index (χ1v) is 6.22. The van der Waals surface area contributed by atoms with E-state index in [4.69, 9.17) is 15.3 Å². The van der Waals surface area contributed by atoms with Crippen molar-refractivity contribution < 1.29 is 9.57 Å². The molecule has 0 amide bonds. The number of ether oxygens (including phenoxy) is 1. The number of nitrogens with two attached hydrogens (primary N) is 1. The Morgan fingerprint density at radius 2 is 2.11 bits per heavy atom. The molecule has 0 saturated carbocycles. The standard InChI is InChI=1S/C13H27N3O2/c1-11(2)17-9-7-16(5)10-12(3)13(14)6-8-18-15-4/h6,8,10-11,13,15H,7,9,14H2,1-5H3/b8-6+,12-10+. The van der Waals surface area contributed by atoms with Crippen LogP contribution in [0.15, 0.2) is 24.1 Å². The monoisotopic (exact) mass is 257 g/mol. The fourth-order valence-corrected chi connectivity index (χ4v) is 1.27. The largest absolute Gasteiger partial charge is 0.417 e. The van der Waals surface area contributed by atoms with Crippen molar-refractivity contribution in [1.29, 1.82) is 0 Å². The molecule has 0 heterocycles. The summed E-state index contributed by atoms with van der Waals surface area (Å²) in [5.41, 5.74) is 9.58. The molecule has 0 aromatic heterocycles. The molecule has 0 rings (SSSR count). The van der Waals surface area contributed by atoms with E-state index in [1.54, 1.807) is 19.4 Å². The van der Waals surface area contributed by atoms with E-state index in [1.165, 1.54) is 0 Å². The third-order valence-corrected chi connectivity index (χ3v) is 2.32. The predicted octanol–water partition coefficient (Wildman–Crippen LogP) is 1.24. The number of nitrogens with one attached hydrogen (secondary N) is 1. The van der Waals surface area contributed by atoms with Crippen molar-refractivity contribution in [2.24, 2.45) is 5.73 Å². The molecule has 0 saturated heterocycles. The van der Waals surface area contributed by atoms with Gasteiger partial charge in [0.2, 0.25) is 0 Å². The van der Waals surface area contributed by atoms with Gasteiger partial charge >= 0.3 is 0 Å². The Morgan fingerprint density at radius 1 is 1.44 bits per heavy atom. The number of hydrogen-bond donors (Lipinski definition) is 2. The first-order valence-electron chi connectivity index (χ1n) is 6.22. The summed E-state index contributed by atoms with van der Waals surface area (Å²) in [7, 11) is 3.70. The van der Waals surface area contributed by atoms with Gasteiger partial charge in [0.15, 0.2) is 0 Å². The zero-order chi connectivity index (χ0) is 14.0. The van der Waals surface area contributed by atoms with E-state index in [9.17, 15) is 0 Å². The van der Waals surface area contributed by atoms with Crippen LogP contribution in [0.5, 0.6) is 0 Å². The third kappa shape index (κ3) is 9.04. The Morgan fingerprint density at radius 3 is 2.67 bits per heavy atom. The average molecular weight is 257 g/mol. The lowest BCUT2D eigenvalue weighted by atomic mass is 10.1. The van der Waals surface area contributed by atoms with E-state index < -0.39 is 0 Å². The lowest BCUT2D eigenvalue weighted by Crippen LogP contribution is -2.24. The van der Waals surface area contributed by atoms with Gasteiger partial charge in [-0.05, 0) is 38.6 Å². The summed E-state index contributed by atoms with van der Waals surface area (Å²) in [5.74, 6) is 0. The summed E-state index contributed by atoms with van der Waals surface area (Å²) in [6.07, 6.45) is 5.63. The summed E-state index contributed by atoms with van der Waals surface area (Å²) in [4.78, 5) is 6.95. The van der Waals surface area contributed by atoms with Crippen molar-refractivity contribution in [2.75, 3.05) is 27.2 Å². The highest BCUT2D eigenvalue weighted by molar-refractivity contribution is 5.13. The van der Waals surface area contributed by atoms with Gasteiger partial charge in [0, 0.05) is 26.7 Å². The Labute approximate surface area is 111 Å². The molecule has 0 bridgehead atoms. The maximum atomic E-state index is 5.96. The van der Waals surface area contributed by atoms with E-state index in [2.05, 4.69) is 10.4 Å². The molecule has 0 aromatic carbocycles. The molecule has 0 fully saturated rings. The van der Waals surface area contributed by atoms with Crippen molar-refractivity contribution in [3.05, 3.63) is 24.1 Å². The van der Waals surface area contributed by atoms with Crippen LogP contribution in [0.1, 0.15) is 20.8 Å². The van der Waals surface area contributed by atoms with Gasteiger partial charge in [-0.2, -0.15) is 5.48 Å². The van der Waals surface area contributed by atoms with Gasteiger partial charge in [0.1, 0.15) is 6.26 Å². The summed E-state index contributed by atoms with van der Waals surface area (Å²) in [6, 6.07) is -0.146. The maximum Gasteiger partial charge on any atom is 0.109 e. The molecule has 1 unspecified atom stereocenters. The topological polar surface area (TPSA) is 59.8 Å². The van der Waals surface area contributed by atoms with E-state index in [0.717, 1.165) is 12.1 Å². The Bertz CT molecular complexity index is 265. The van der Waals surface area contributed by atoms with Crippen LogP contribution in [0.25, 0.3) is 0 Å². The number of nitrogens with zero attached hydrogens (tertiary/aromatic N) is 1. The van der Waals surface area contributed by atoms with Crippen LogP contribution in [0, 0.1) is 0 Å². The lowest BCUT2D eigenvalue weighted by Gasteiger charge is -2.18. The normalized spacial score (nSPS) is 14.3. The van der Waals surface area contributed by atoms with E-state index in [-0.39, 0.29) is 12.1 Å². The first kappa shape index (κ1) is 17.0. The molecule has 0 aromatic rings. The molecular formula is C13H27N3O2. The number of hydroxylamine groups is 1. The van der Waals surface area contributed by atoms with E-state index in [1.807, 2.05) is 34.0 Å². The molecule has 5 nitrogen and oxygen atoms in total. The van der Waals surface area contributed by atoms with Crippen molar-refractivity contribution >= 4 is 0 Å². The summed E-state index contributed by atoms with van der Waals surface area (Å²) < 4.78 is 5.49. The maximum absolute atomic E-state index is 5.96. The summed E-state index contributed by atoms with van der Waals surface area (Å²) in [5, 5.41) is 0. The quantitative estimate of drug-likeness (QED) is 0.481. The highest BCUT2D eigenvalue weighted by Gasteiger charge is 2.02. The SMILES string of the molecule is CNO/C=C/C(N)/C(C)=C/N(C)CCOC(C)C. The van der Waals surface area contributed by atoms with Gasteiger partial charge in [0.05, 0.1) is 12.7 Å². The Hall–Kier alpha value is -1.04. The van der Waals surface area contributed by atoms with Crippen LogP contribution in [0.4, 0.5) is 0 Å². The average Bonchev–Trinajstić information content (AvgIpc) is 2.28. The minimum atomic E-state index is -0.146. The second-order valence-electron chi connectivity index (χ2n) is 4.45. The van der Waals surface area contributed by atoms with Crippen LogP contribution >= 0.6 is 0 Å². The molecule has 0 aliphatic rings. The summed E-state index contributed by atoms with van der Waals surface area (Å²) >= 11 is 0. The Kier molecular flexibility index (Phi) is 9.36. The third-order valence-electron chi connectivity index (χ3n) is 2.32. The van der Waals surface area contributed by atoms with Gasteiger partial charge in [-0.3, -0.25) is 0 Å². The molecule has 106 valence electrons. The van der Waals surface area contributed by atoms with Gasteiger partial charge in [-0.25, -0.2) is 0 Å². The number of hydrogen-bond acceptors (Lipinski definition) is 5. The van der Waals surface area contributed by atoms with Gasteiger partial charge in [-0.1, -0.05) is 0 Å². The van der Waals surface area contributed by atoms with Gasteiger partial charge in [0.25, 0.3) is 0 Å². The van der Waals surface area contributed by atoms with Crippen LogP contribution in [-0.4, -0.2) is 44.3 Å². The van der Waals surface area contributed by atoms with Gasteiger partial charge < -0.3 is 20.2 Å². The molecule has 0 aliphatic heterocycles. The van der Waals surface area contributed by atoms with E-state index >= 15 is 0 Å². The molecule has 0 radical (unpaired) electrons. The lowest BCUT2D eigenvalue weighted by molar-refractivity contribution is 0.0701. The van der Waals surface area contributed by atoms with Crippen LogP contribution in [0.3, 0.4) is 0 Å². The second-order valence-corrected chi connectivity index (χ2v) is 4.45. The fraction of sp³-hybridized carbons (Fsp3) is 0.692.